The first-order valence-corrected chi connectivity index (χ1v) is 8.07. The lowest BCUT2D eigenvalue weighted by molar-refractivity contribution is -0.204. The topological polar surface area (TPSA) is 117 Å². The number of rotatable bonds is 5. The maximum atomic E-state index is 11.5. The predicted molar refractivity (Wildman–Crippen MR) is 82.9 cm³/mol. The highest BCUT2D eigenvalue weighted by Gasteiger charge is 2.49. The molecule has 0 spiro atoms. The molecule has 1 heterocycles. The normalized spacial score (nSPS) is 29.3. The SMILES string of the molecule is CC(=O)N[C@H]1[C@H](OC(C)=O)[C@@H](COC(C)=O)OC(Br)[C@@H]1OC(C)=O. The van der Waals surface area contributed by atoms with Crippen molar-refractivity contribution in [3.05, 3.63) is 0 Å². The van der Waals surface area contributed by atoms with Gasteiger partial charge in [0, 0.05) is 27.7 Å². The van der Waals surface area contributed by atoms with Gasteiger partial charge < -0.3 is 24.3 Å². The summed E-state index contributed by atoms with van der Waals surface area (Å²) in [4.78, 5) is 45.3. The summed E-state index contributed by atoms with van der Waals surface area (Å²) in [5.41, 5.74) is 0. The van der Waals surface area contributed by atoms with E-state index in [1.54, 1.807) is 0 Å². The molecule has 1 rings (SSSR count). The van der Waals surface area contributed by atoms with E-state index in [-0.39, 0.29) is 6.61 Å². The van der Waals surface area contributed by atoms with Crippen LogP contribution in [-0.2, 0) is 38.1 Å². The third-order valence-corrected chi connectivity index (χ3v) is 3.80. The molecule has 0 aromatic carbocycles. The number of amides is 1. The smallest absolute Gasteiger partial charge is 0.303 e. The summed E-state index contributed by atoms with van der Waals surface area (Å²) in [7, 11) is 0. The summed E-state index contributed by atoms with van der Waals surface area (Å²) in [6.45, 7) is 4.70. The molecule has 0 aliphatic carbocycles. The van der Waals surface area contributed by atoms with Crippen LogP contribution in [0.4, 0.5) is 0 Å². The average Bonchev–Trinajstić information content (AvgIpc) is 2.42. The molecule has 0 saturated carbocycles. The van der Waals surface area contributed by atoms with Crippen LogP contribution in [0.15, 0.2) is 0 Å². The Kier molecular flexibility index (Phi) is 7.61. The molecule has 0 aromatic heterocycles. The molecule has 1 N–H and O–H groups in total. The van der Waals surface area contributed by atoms with Crippen LogP contribution in [0.25, 0.3) is 0 Å². The fourth-order valence-corrected chi connectivity index (χ4v) is 3.01. The minimum atomic E-state index is -1.01. The van der Waals surface area contributed by atoms with E-state index in [1.165, 1.54) is 27.7 Å². The van der Waals surface area contributed by atoms with Gasteiger partial charge in [-0.1, -0.05) is 15.9 Å². The van der Waals surface area contributed by atoms with E-state index in [0.717, 1.165) is 0 Å². The van der Waals surface area contributed by atoms with Gasteiger partial charge in [-0.25, -0.2) is 0 Å². The minimum Gasteiger partial charge on any atom is -0.463 e. The highest BCUT2D eigenvalue weighted by atomic mass is 79.9. The van der Waals surface area contributed by atoms with Crippen molar-refractivity contribution in [3.63, 3.8) is 0 Å². The highest BCUT2D eigenvalue weighted by Crippen LogP contribution is 2.29. The van der Waals surface area contributed by atoms with Crippen molar-refractivity contribution in [2.45, 2.75) is 57.1 Å². The lowest BCUT2D eigenvalue weighted by atomic mass is 9.96. The molecule has 10 heteroatoms. The molecular weight excluding hydrogens is 390 g/mol. The van der Waals surface area contributed by atoms with E-state index in [9.17, 15) is 19.2 Å². The summed E-state index contributed by atoms with van der Waals surface area (Å²) < 4.78 is 20.9. The van der Waals surface area contributed by atoms with Crippen molar-refractivity contribution >= 4 is 39.7 Å². The highest BCUT2D eigenvalue weighted by molar-refractivity contribution is 9.09. The van der Waals surface area contributed by atoms with E-state index in [1.807, 2.05) is 0 Å². The third-order valence-electron chi connectivity index (χ3n) is 3.06. The second-order valence-corrected chi connectivity index (χ2v) is 6.11. The van der Waals surface area contributed by atoms with Gasteiger partial charge in [-0.3, -0.25) is 19.2 Å². The Bertz CT molecular complexity index is 511. The molecule has 0 aromatic rings. The van der Waals surface area contributed by atoms with Gasteiger partial charge in [0.05, 0.1) is 0 Å². The quantitative estimate of drug-likeness (QED) is 0.384. The fraction of sp³-hybridized carbons (Fsp3) is 0.714. The van der Waals surface area contributed by atoms with E-state index in [2.05, 4.69) is 21.2 Å². The zero-order valence-corrected chi connectivity index (χ0v) is 15.3. The molecule has 1 aliphatic rings. The molecule has 1 fully saturated rings. The Morgan fingerprint density at radius 3 is 1.96 bits per heavy atom. The second kappa shape index (κ2) is 8.97. The molecule has 5 atom stereocenters. The van der Waals surface area contributed by atoms with Crippen molar-refractivity contribution in [1.29, 1.82) is 0 Å². The molecule has 0 bridgehead atoms. The molecule has 1 aliphatic heterocycles. The molecule has 1 saturated heterocycles. The van der Waals surface area contributed by atoms with E-state index in [0.29, 0.717) is 0 Å². The van der Waals surface area contributed by atoms with Crippen LogP contribution in [0.3, 0.4) is 0 Å². The molecule has 1 unspecified atom stereocenters. The van der Waals surface area contributed by atoms with Gasteiger partial charge in [-0.05, 0) is 0 Å². The van der Waals surface area contributed by atoms with Gasteiger partial charge in [0.2, 0.25) is 5.91 Å². The number of hydrogen-bond donors (Lipinski definition) is 1. The first kappa shape index (κ1) is 20.4. The maximum absolute atomic E-state index is 11.5. The second-order valence-electron chi connectivity index (χ2n) is 5.20. The summed E-state index contributed by atoms with van der Waals surface area (Å²) in [6, 6.07) is -0.881. The Morgan fingerprint density at radius 1 is 0.958 bits per heavy atom. The largest absolute Gasteiger partial charge is 0.463 e. The number of ether oxygens (including phenoxy) is 4. The number of carbonyl (C=O) groups excluding carboxylic acids is 4. The van der Waals surface area contributed by atoms with Crippen LogP contribution >= 0.6 is 15.9 Å². The van der Waals surface area contributed by atoms with Crippen LogP contribution in [-0.4, -0.2) is 59.8 Å². The van der Waals surface area contributed by atoms with Crippen molar-refractivity contribution in [2.75, 3.05) is 6.61 Å². The molecule has 0 radical (unpaired) electrons. The number of carbonyl (C=O) groups is 4. The number of alkyl halides is 1. The Labute approximate surface area is 147 Å². The summed E-state index contributed by atoms with van der Waals surface area (Å²) in [5, 5.41) is 1.80. The lowest BCUT2D eigenvalue weighted by Crippen LogP contribution is -2.65. The fourth-order valence-electron chi connectivity index (χ4n) is 2.29. The monoisotopic (exact) mass is 409 g/mol. The van der Waals surface area contributed by atoms with Gasteiger partial charge in [0.1, 0.15) is 18.8 Å². The van der Waals surface area contributed by atoms with E-state index in [4.69, 9.17) is 18.9 Å². The molecule has 24 heavy (non-hydrogen) atoms. The molecule has 9 nitrogen and oxygen atoms in total. The van der Waals surface area contributed by atoms with Crippen LogP contribution in [0.1, 0.15) is 27.7 Å². The first-order chi connectivity index (χ1) is 11.1. The zero-order chi connectivity index (χ0) is 18.4. The van der Waals surface area contributed by atoms with Gasteiger partial charge in [-0.2, -0.15) is 0 Å². The first-order valence-electron chi connectivity index (χ1n) is 7.16. The number of nitrogens with one attached hydrogen (secondary N) is 1. The van der Waals surface area contributed by atoms with Gasteiger partial charge in [-0.15, -0.1) is 0 Å². The Balaban J connectivity index is 3.11. The Hall–Kier alpha value is -1.68. The molecule has 1 amide bonds. The van der Waals surface area contributed by atoms with E-state index < -0.39 is 53.2 Å². The molecular formula is C14H20BrNO8. The summed E-state index contributed by atoms with van der Waals surface area (Å²) >= 11 is 3.22. The number of halogens is 1. The standard InChI is InChI=1S/C14H20BrNO8/c1-6(17)16-11-12(22-8(3)19)10(5-21-7(2)18)24-14(15)13(11)23-9(4)20/h10-14H,5H2,1-4H3,(H,16,17)/t10-,11+,12-,13-,14?/m1/s1. The Morgan fingerprint density at radius 2 is 1.50 bits per heavy atom. The van der Waals surface area contributed by atoms with E-state index >= 15 is 0 Å². The summed E-state index contributed by atoms with van der Waals surface area (Å²) in [6.07, 6.45) is -2.81. The van der Waals surface area contributed by atoms with Crippen LogP contribution in [0.2, 0.25) is 0 Å². The van der Waals surface area contributed by atoms with Gasteiger partial charge >= 0.3 is 17.9 Å². The van der Waals surface area contributed by atoms with Gasteiger partial charge in [0.15, 0.2) is 17.2 Å². The van der Waals surface area contributed by atoms with Crippen molar-refractivity contribution in [2.24, 2.45) is 0 Å². The summed E-state index contributed by atoms with van der Waals surface area (Å²) in [5.74, 6) is -2.17. The molecule has 136 valence electrons. The average molecular weight is 410 g/mol. The van der Waals surface area contributed by atoms with Crippen LogP contribution < -0.4 is 5.32 Å². The van der Waals surface area contributed by atoms with Crippen molar-refractivity contribution < 1.29 is 38.1 Å². The zero-order valence-electron chi connectivity index (χ0n) is 13.7. The van der Waals surface area contributed by atoms with Gasteiger partial charge in [0.25, 0.3) is 0 Å². The number of esters is 3. The van der Waals surface area contributed by atoms with Crippen molar-refractivity contribution in [3.8, 4) is 0 Å². The number of hydrogen-bond acceptors (Lipinski definition) is 8. The van der Waals surface area contributed by atoms with Crippen LogP contribution in [0, 0.1) is 0 Å². The lowest BCUT2D eigenvalue weighted by Gasteiger charge is -2.43. The third kappa shape index (κ3) is 6.08. The maximum Gasteiger partial charge on any atom is 0.303 e. The van der Waals surface area contributed by atoms with Crippen LogP contribution in [0.5, 0.6) is 0 Å². The minimum absolute atomic E-state index is 0.196. The predicted octanol–water partition coefficient (Wildman–Crippen LogP) is 0.0374. The van der Waals surface area contributed by atoms with Crippen molar-refractivity contribution in [1.82, 2.24) is 5.32 Å².